The Kier molecular flexibility index (Phi) is 6.46. The highest BCUT2D eigenvalue weighted by atomic mass is 35.5. The summed E-state index contributed by atoms with van der Waals surface area (Å²) in [6, 6.07) is 11.3. The molecular weight excluding hydrogens is 358 g/mol. The Morgan fingerprint density at radius 2 is 1.77 bits per heavy atom. The van der Waals surface area contributed by atoms with Crippen molar-refractivity contribution in [3.8, 4) is 0 Å². The van der Waals surface area contributed by atoms with E-state index in [0.29, 0.717) is 21.8 Å². The Bertz CT molecular complexity index is 863. The summed E-state index contributed by atoms with van der Waals surface area (Å²) in [5, 5.41) is 6.73. The molecule has 0 aliphatic rings. The molecule has 2 aromatic rings. The highest BCUT2D eigenvalue weighted by Gasteiger charge is 2.14. The summed E-state index contributed by atoms with van der Waals surface area (Å²) in [6.07, 6.45) is 1.35. The molecule has 0 aliphatic heterocycles. The minimum absolute atomic E-state index is 0.395. The predicted molar refractivity (Wildman–Crippen MR) is 98.3 cm³/mol. The molecule has 0 saturated carbocycles. The van der Waals surface area contributed by atoms with Gasteiger partial charge in [0.15, 0.2) is 0 Å². The molecule has 2 amide bonds. The molecule has 0 aromatic heterocycles. The van der Waals surface area contributed by atoms with Gasteiger partial charge in [-0.1, -0.05) is 23.7 Å². The number of nitrogens with zero attached hydrogens (tertiary/aromatic N) is 1. The van der Waals surface area contributed by atoms with Crippen molar-refractivity contribution in [2.24, 2.45) is 5.10 Å². The van der Waals surface area contributed by atoms with E-state index in [9.17, 15) is 14.4 Å². The number of nitrogens with one attached hydrogen (secondary N) is 2. The standard InChI is InChI=1S/C18H16ClN3O4/c1-11-9-14(19)7-8-15(11)21-16(23)17(24)22-20-10-12-3-5-13(6-4-12)18(25)26-2/h3-10H,1-2H3,(H,21,23)(H,22,24)/b20-10+. The van der Waals surface area contributed by atoms with E-state index in [1.807, 2.05) is 0 Å². The summed E-state index contributed by atoms with van der Waals surface area (Å²) in [5.41, 5.74) is 4.37. The van der Waals surface area contributed by atoms with Gasteiger partial charge >= 0.3 is 17.8 Å². The Balaban J connectivity index is 1.91. The number of halogens is 1. The van der Waals surface area contributed by atoms with E-state index in [-0.39, 0.29) is 0 Å². The molecule has 2 rings (SSSR count). The lowest BCUT2D eigenvalue weighted by atomic mass is 10.1. The summed E-state index contributed by atoms with van der Waals surface area (Å²) in [7, 11) is 1.30. The molecule has 2 N–H and O–H groups in total. The van der Waals surface area contributed by atoms with Crippen LogP contribution in [0.4, 0.5) is 5.69 Å². The highest BCUT2D eigenvalue weighted by Crippen LogP contribution is 2.19. The van der Waals surface area contributed by atoms with E-state index in [1.54, 1.807) is 49.4 Å². The summed E-state index contributed by atoms with van der Waals surface area (Å²) < 4.78 is 4.60. The number of carbonyl (C=O) groups is 3. The molecule has 2 aromatic carbocycles. The molecule has 0 radical (unpaired) electrons. The van der Waals surface area contributed by atoms with Gasteiger partial charge in [0.2, 0.25) is 0 Å². The quantitative estimate of drug-likeness (QED) is 0.372. The molecule has 0 atom stereocenters. The average Bonchev–Trinajstić information content (AvgIpc) is 2.63. The second-order valence-electron chi connectivity index (χ2n) is 5.23. The van der Waals surface area contributed by atoms with E-state index >= 15 is 0 Å². The lowest BCUT2D eigenvalue weighted by Crippen LogP contribution is -2.32. The first-order valence-electron chi connectivity index (χ1n) is 7.49. The summed E-state index contributed by atoms with van der Waals surface area (Å²) in [4.78, 5) is 35.0. The SMILES string of the molecule is COC(=O)c1ccc(/C=N/NC(=O)C(=O)Nc2ccc(Cl)cc2C)cc1. The number of anilines is 1. The number of rotatable bonds is 4. The monoisotopic (exact) mass is 373 g/mol. The fourth-order valence-electron chi connectivity index (χ4n) is 1.99. The van der Waals surface area contributed by atoms with Crippen molar-refractivity contribution in [2.75, 3.05) is 12.4 Å². The van der Waals surface area contributed by atoms with Crippen LogP contribution < -0.4 is 10.7 Å². The third kappa shape index (κ3) is 5.15. The maximum atomic E-state index is 11.9. The van der Waals surface area contributed by atoms with Gasteiger partial charge in [-0.15, -0.1) is 0 Å². The molecule has 134 valence electrons. The Morgan fingerprint density at radius 1 is 1.08 bits per heavy atom. The number of aryl methyl sites for hydroxylation is 1. The van der Waals surface area contributed by atoms with Crippen molar-refractivity contribution in [3.63, 3.8) is 0 Å². The predicted octanol–water partition coefficient (Wildman–Crippen LogP) is 2.52. The molecule has 0 heterocycles. The van der Waals surface area contributed by atoms with Crippen LogP contribution in [0.25, 0.3) is 0 Å². The van der Waals surface area contributed by atoms with E-state index in [4.69, 9.17) is 11.6 Å². The fraction of sp³-hybridized carbons (Fsp3) is 0.111. The van der Waals surface area contributed by atoms with E-state index in [0.717, 1.165) is 5.56 Å². The van der Waals surface area contributed by atoms with E-state index in [1.165, 1.54) is 13.3 Å². The van der Waals surface area contributed by atoms with Crippen LogP contribution in [0.1, 0.15) is 21.5 Å². The molecule has 0 saturated heterocycles. The Morgan fingerprint density at radius 3 is 2.38 bits per heavy atom. The molecule has 8 heteroatoms. The van der Waals surface area contributed by atoms with Crippen LogP contribution in [0.2, 0.25) is 5.02 Å². The van der Waals surface area contributed by atoms with Crippen LogP contribution in [0.3, 0.4) is 0 Å². The summed E-state index contributed by atoms with van der Waals surface area (Å²) in [5.74, 6) is -2.22. The zero-order valence-corrected chi connectivity index (χ0v) is 14.8. The maximum Gasteiger partial charge on any atom is 0.337 e. The number of hydrazone groups is 1. The molecule has 0 bridgehead atoms. The molecule has 0 unspecified atom stereocenters. The molecule has 7 nitrogen and oxygen atoms in total. The first kappa shape index (κ1) is 19.1. The normalized spacial score (nSPS) is 10.4. The van der Waals surface area contributed by atoms with Crippen molar-refractivity contribution in [2.45, 2.75) is 6.92 Å². The third-order valence-electron chi connectivity index (χ3n) is 3.35. The van der Waals surface area contributed by atoms with Gasteiger partial charge in [0.05, 0.1) is 18.9 Å². The molecule has 0 aliphatic carbocycles. The van der Waals surface area contributed by atoms with Gasteiger partial charge in [-0.25, -0.2) is 10.2 Å². The third-order valence-corrected chi connectivity index (χ3v) is 3.59. The number of hydrogen-bond acceptors (Lipinski definition) is 5. The fourth-order valence-corrected chi connectivity index (χ4v) is 2.21. The number of esters is 1. The van der Waals surface area contributed by atoms with Crippen LogP contribution in [-0.2, 0) is 14.3 Å². The minimum atomic E-state index is -0.915. The molecule has 26 heavy (non-hydrogen) atoms. The molecule has 0 spiro atoms. The van der Waals surface area contributed by atoms with Crippen LogP contribution in [-0.4, -0.2) is 31.1 Å². The zero-order valence-electron chi connectivity index (χ0n) is 14.1. The smallest absolute Gasteiger partial charge is 0.337 e. The van der Waals surface area contributed by atoms with Crippen LogP contribution in [0, 0.1) is 6.92 Å². The zero-order chi connectivity index (χ0) is 19.1. The second kappa shape index (κ2) is 8.77. The van der Waals surface area contributed by atoms with Crippen LogP contribution in [0.15, 0.2) is 47.6 Å². The van der Waals surface area contributed by atoms with Gasteiger partial charge in [-0.2, -0.15) is 5.10 Å². The van der Waals surface area contributed by atoms with Gasteiger partial charge in [-0.05, 0) is 48.4 Å². The first-order valence-corrected chi connectivity index (χ1v) is 7.87. The van der Waals surface area contributed by atoms with Gasteiger partial charge in [-0.3, -0.25) is 9.59 Å². The van der Waals surface area contributed by atoms with Gasteiger partial charge in [0.25, 0.3) is 0 Å². The first-order chi connectivity index (χ1) is 12.4. The Labute approximate surface area is 155 Å². The second-order valence-corrected chi connectivity index (χ2v) is 5.66. The molecular formula is C18H16ClN3O4. The number of methoxy groups -OCH3 is 1. The van der Waals surface area contributed by atoms with E-state index in [2.05, 4.69) is 20.6 Å². The largest absolute Gasteiger partial charge is 0.465 e. The van der Waals surface area contributed by atoms with Crippen LogP contribution >= 0.6 is 11.6 Å². The van der Waals surface area contributed by atoms with Crippen LogP contribution in [0.5, 0.6) is 0 Å². The van der Waals surface area contributed by atoms with Gasteiger partial charge in [0.1, 0.15) is 0 Å². The summed E-state index contributed by atoms with van der Waals surface area (Å²) >= 11 is 5.84. The van der Waals surface area contributed by atoms with Crippen molar-refractivity contribution < 1.29 is 19.1 Å². The average molecular weight is 374 g/mol. The summed E-state index contributed by atoms with van der Waals surface area (Å²) in [6.45, 7) is 1.76. The van der Waals surface area contributed by atoms with Gasteiger partial charge < -0.3 is 10.1 Å². The lowest BCUT2D eigenvalue weighted by Gasteiger charge is -2.07. The number of hydrogen-bond donors (Lipinski definition) is 2. The van der Waals surface area contributed by atoms with Crippen molar-refractivity contribution in [3.05, 3.63) is 64.2 Å². The number of benzene rings is 2. The number of amides is 2. The van der Waals surface area contributed by atoms with Crippen molar-refractivity contribution in [1.82, 2.24) is 5.43 Å². The van der Waals surface area contributed by atoms with E-state index < -0.39 is 17.8 Å². The lowest BCUT2D eigenvalue weighted by molar-refractivity contribution is -0.136. The number of carbonyl (C=O) groups excluding carboxylic acids is 3. The topological polar surface area (TPSA) is 96.9 Å². The Hall–Kier alpha value is -3.19. The maximum absolute atomic E-state index is 11.9. The minimum Gasteiger partial charge on any atom is -0.465 e. The highest BCUT2D eigenvalue weighted by molar-refractivity contribution is 6.39. The van der Waals surface area contributed by atoms with Gasteiger partial charge in [0, 0.05) is 10.7 Å². The molecule has 0 fully saturated rings. The van der Waals surface area contributed by atoms with Crippen molar-refractivity contribution >= 4 is 41.3 Å². The number of ether oxygens (including phenoxy) is 1. The van der Waals surface area contributed by atoms with Crippen molar-refractivity contribution in [1.29, 1.82) is 0 Å².